The molecule has 0 aromatic heterocycles. The van der Waals surface area contributed by atoms with Crippen LogP contribution in [0.4, 0.5) is 0 Å². The van der Waals surface area contributed by atoms with E-state index in [1.807, 2.05) is 12.1 Å². The molecule has 7 nitrogen and oxygen atoms in total. The van der Waals surface area contributed by atoms with Gasteiger partial charge in [0.25, 0.3) is 0 Å². The Labute approximate surface area is 163 Å². The van der Waals surface area contributed by atoms with E-state index in [0.717, 1.165) is 55.2 Å². The number of hydrogen-bond acceptors (Lipinski definition) is 5. The number of halogens is 1. The summed E-state index contributed by atoms with van der Waals surface area (Å²) in [5.41, 5.74) is 1.05. The lowest BCUT2D eigenvalue weighted by molar-refractivity contribution is 0.0420. The van der Waals surface area contributed by atoms with Gasteiger partial charge in [-0.3, -0.25) is 4.99 Å². The van der Waals surface area contributed by atoms with Gasteiger partial charge in [-0.15, -0.1) is 0 Å². The van der Waals surface area contributed by atoms with Crippen molar-refractivity contribution in [1.29, 1.82) is 0 Å². The van der Waals surface area contributed by atoms with E-state index in [1.165, 1.54) is 0 Å². The zero-order chi connectivity index (χ0) is 18.8. The molecule has 1 aromatic rings. The molecular formula is C18H28BrN3O4. The molecule has 1 saturated heterocycles. The molecule has 1 aliphatic rings. The van der Waals surface area contributed by atoms with Gasteiger partial charge in [-0.05, 0) is 30.5 Å². The minimum Gasteiger partial charge on any atom is -0.493 e. The molecule has 1 unspecified atom stereocenters. The molecule has 0 amide bonds. The number of aliphatic imine (C=N–C) groups is 1. The van der Waals surface area contributed by atoms with Gasteiger partial charge >= 0.3 is 0 Å². The highest BCUT2D eigenvalue weighted by atomic mass is 79.9. The Morgan fingerprint density at radius 1 is 1.27 bits per heavy atom. The van der Waals surface area contributed by atoms with Crippen LogP contribution in [-0.2, 0) is 16.0 Å². The topological polar surface area (TPSA) is 73.3 Å². The van der Waals surface area contributed by atoms with Crippen LogP contribution in [0.15, 0.2) is 21.6 Å². The minimum atomic E-state index is 0.259. The van der Waals surface area contributed by atoms with Crippen molar-refractivity contribution in [3.05, 3.63) is 22.2 Å². The number of hydrogen-bond donors (Lipinski definition) is 2. The van der Waals surface area contributed by atoms with Gasteiger partial charge in [0.05, 0.1) is 26.9 Å². The van der Waals surface area contributed by atoms with Gasteiger partial charge in [0.15, 0.2) is 17.5 Å². The number of nitrogens with zero attached hydrogens (tertiary/aromatic N) is 1. The zero-order valence-corrected chi connectivity index (χ0v) is 17.2. The van der Waals surface area contributed by atoms with E-state index in [9.17, 15) is 0 Å². The van der Waals surface area contributed by atoms with E-state index in [2.05, 4.69) is 31.6 Å². The fourth-order valence-electron chi connectivity index (χ4n) is 2.60. The first-order valence-corrected chi connectivity index (χ1v) is 9.51. The third-order valence-corrected chi connectivity index (χ3v) is 4.82. The molecule has 0 bridgehead atoms. The van der Waals surface area contributed by atoms with E-state index in [-0.39, 0.29) is 6.10 Å². The van der Waals surface area contributed by atoms with Crippen LogP contribution in [0, 0.1) is 0 Å². The standard InChI is InChI=1S/C18H28BrN3O4/c1-20-18(21-6-4-7-26-14-5-8-25-12-14)22-11-13-9-16(23-2)17(24-3)10-15(13)19/h9-10,14H,4-8,11-12H2,1-3H3,(H2,20,21,22). The van der Waals surface area contributed by atoms with Crippen molar-refractivity contribution in [1.82, 2.24) is 10.6 Å². The Balaban J connectivity index is 1.74. The van der Waals surface area contributed by atoms with E-state index in [0.29, 0.717) is 18.0 Å². The fourth-order valence-corrected chi connectivity index (χ4v) is 3.07. The fraction of sp³-hybridized carbons (Fsp3) is 0.611. The zero-order valence-electron chi connectivity index (χ0n) is 15.6. The Morgan fingerprint density at radius 2 is 2.04 bits per heavy atom. The lowest BCUT2D eigenvalue weighted by atomic mass is 10.2. The normalized spacial score (nSPS) is 17.2. The van der Waals surface area contributed by atoms with Gasteiger partial charge in [0.1, 0.15) is 0 Å². The molecular weight excluding hydrogens is 402 g/mol. The summed E-state index contributed by atoms with van der Waals surface area (Å²) in [7, 11) is 5.01. The number of nitrogens with one attached hydrogen (secondary N) is 2. The summed E-state index contributed by atoms with van der Waals surface area (Å²) < 4.78 is 22.7. The first-order chi connectivity index (χ1) is 12.7. The van der Waals surface area contributed by atoms with Crippen LogP contribution in [0.1, 0.15) is 18.4 Å². The third kappa shape index (κ3) is 6.34. The first-order valence-electron chi connectivity index (χ1n) is 8.72. The molecule has 1 atom stereocenters. The van der Waals surface area contributed by atoms with Crippen molar-refractivity contribution in [3.63, 3.8) is 0 Å². The Morgan fingerprint density at radius 3 is 2.69 bits per heavy atom. The van der Waals surface area contributed by atoms with Gasteiger partial charge in [-0.25, -0.2) is 0 Å². The lowest BCUT2D eigenvalue weighted by Crippen LogP contribution is -2.37. The highest BCUT2D eigenvalue weighted by Gasteiger charge is 2.15. The van der Waals surface area contributed by atoms with Crippen molar-refractivity contribution in [2.45, 2.75) is 25.5 Å². The van der Waals surface area contributed by atoms with Crippen LogP contribution >= 0.6 is 15.9 Å². The summed E-state index contributed by atoms with van der Waals surface area (Å²) in [5, 5.41) is 6.59. The summed E-state index contributed by atoms with van der Waals surface area (Å²) >= 11 is 3.57. The van der Waals surface area contributed by atoms with Gasteiger partial charge in [-0.2, -0.15) is 0 Å². The second-order valence-electron chi connectivity index (χ2n) is 5.86. The highest BCUT2D eigenvalue weighted by Crippen LogP contribution is 2.33. The Hall–Kier alpha value is -1.51. The maximum absolute atomic E-state index is 5.75. The van der Waals surface area contributed by atoms with Gasteiger partial charge in [0, 0.05) is 37.8 Å². The maximum atomic E-state index is 5.75. The number of methoxy groups -OCH3 is 2. The molecule has 1 heterocycles. The van der Waals surface area contributed by atoms with Crippen molar-refractivity contribution in [2.75, 3.05) is 47.6 Å². The van der Waals surface area contributed by atoms with Crippen LogP contribution < -0.4 is 20.1 Å². The van der Waals surface area contributed by atoms with Crippen LogP contribution in [0.2, 0.25) is 0 Å². The molecule has 1 aliphatic heterocycles. The molecule has 146 valence electrons. The monoisotopic (exact) mass is 429 g/mol. The number of guanidine groups is 1. The quantitative estimate of drug-likeness (QED) is 0.356. The minimum absolute atomic E-state index is 0.259. The predicted octanol–water partition coefficient (Wildman–Crippen LogP) is 2.33. The largest absolute Gasteiger partial charge is 0.493 e. The molecule has 0 spiro atoms. The smallest absolute Gasteiger partial charge is 0.191 e. The van der Waals surface area contributed by atoms with Crippen molar-refractivity contribution in [3.8, 4) is 11.5 Å². The summed E-state index contributed by atoms with van der Waals surface area (Å²) in [6.45, 7) is 3.65. The van der Waals surface area contributed by atoms with Crippen LogP contribution in [-0.4, -0.2) is 59.7 Å². The average molecular weight is 430 g/mol. The van der Waals surface area contributed by atoms with E-state index < -0.39 is 0 Å². The molecule has 2 rings (SSSR count). The second kappa shape index (κ2) is 11.3. The van der Waals surface area contributed by atoms with E-state index in [1.54, 1.807) is 21.3 Å². The summed E-state index contributed by atoms with van der Waals surface area (Å²) in [6.07, 6.45) is 2.17. The van der Waals surface area contributed by atoms with Gasteiger partial charge in [0.2, 0.25) is 0 Å². The van der Waals surface area contributed by atoms with Crippen LogP contribution in [0.25, 0.3) is 0 Å². The molecule has 1 fully saturated rings. The molecule has 0 saturated carbocycles. The number of ether oxygens (including phenoxy) is 4. The third-order valence-electron chi connectivity index (χ3n) is 4.08. The average Bonchev–Trinajstić information content (AvgIpc) is 3.17. The van der Waals surface area contributed by atoms with Crippen molar-refractivity contribution >= 4 is 21.9 Å². The highest BCUT2D eigenvalue weighted by molar-refractivity contribution is 9.10. The summed E-state index contributed by atoms with van der Waals surface area (Å²) in [6, 6.07) is 3.84. The maximum Gasteiger partial charge on any atom is 0.191 e. The van der Waals surface area contributed by atoms with Crippen molar-refractivity contribution < 1.29 is 18.9 Å². The SMILES string of the molecule is CN=C(NCCCOC1CCOC1)NCc1cc(OC)c(OC)cc1Br. The molecule has 2 N–H and O–H groups in total. The van der Waals surface area contributed by atoms with E-state index in [4.69, 9.17) is 18.9 Å². The van der Waals surface area contributed by atoms with Crippen LogP contribution in [0.5, 0.6) is 11.5 Å². The Kier molecular flexibility index (Phi) is 9.00. The molecule has 0 aliphatic carbocycles. The van der Waals surface area contributed by atoms with Crippen molar-refractivity contribution in [2.24, 2.45) is 4.99 Å². The summed E-state index contributed by atoms with van der Waals surface area (Å²) in [4.78, 5) is 4.25. The number of rotatable bonds is 9. The second-order valence-corrected chi connectivity index (χ2v) is 6.72. The molecule has 0 radical (unpaired) electrons. The van der Waals surface area contributed by atoms with Gasteiger partial charge < -0.3 is 29.6 Å². The first kappa shape index (κ1) is 20.8. The molecule has 26 heavy (non-hydrogen) atoms. The lowest BCUT2D eigenvalue weighted by Gasteiger charge is -2.15. The van der Waals surface area contributed by atoms with Crippen LogP contribution in [0.3, 0.4) is 0 Å². The Bertz CT molecular complexity index is 592. The van der Waals surface area contributed by atoms with E-state index >= 15 is 0 Å². The molecule has 1 aromatic carbocycles. The molecule has 8 heteroatoms. The summed E-state index contributed by atoms with van der Waals surface area (Å²) in [5.74, 6) is 2.14. The number of benzene rings is 1. The van der Waals surface area contributed by atoms with Gasteiger partial charge in [-0.1, -0.05) is 15.9 Å². The predicted molar refractivity (Wildman–Crippen MR) is 105 cm³/mol.